The zero-order valence-corrected chi connectivity index (χ0v) is 33.4. The fourth-order valence-electron chi connectivity index (χ4n) is 7.39. The van der Waals surface area contributed by atoms with Crippen LogP contribution in [-0.2, 0) is 18.4 Å². The van der Waals surface area contributed by atoms with Crippen molar-refractivity contribution in [3.8, 4) is 25.3 Å². The lowest BCUT2D eigenvalue weighted by atomic mass is 9.78. The second-order valence-corrected chi connectivity index (χ2v) is 19.0. The van der Waals surface area contributed by atoms with Crippen molar-refractivity contribution in [2.45, 2.75) is 152 Å². The van der Waals surface area contributed by atoms with Gasteiger partial charge in [-0.3, -0.25) is 0 Å². The average molecular weight is 693 g/mol. The zero-order valence-electron chi connectivity index (χ0n) is 31.0. The van der Waals surface area contributed by atoms with Crippen LogP contribution in [0.25, 0.3) is 30.5 Å². The third-order valence-electron chi connectivity index (χ3n) is 10.3. The number of aromatic nitrogens is 2. The van der Waals surface area contributed by atoms with Crippen LogP contribution in [0.4, 0.5) is 0 Å². The number of fused-ring (bicyclic) bond motifs is 4. The minimum absolute atomic E-state index is 0.291. The molecule has 5 heterocycles. The molecule has 2 atom stereocenters. The molecule has 0 radical (unpaired) electrons. The summed E-state index contributed by atoms with van der Waals surface area (Å²) in [6, 6.07) is 4.84. The minimum atomic E-state index is -0.291. The largest absolute Gasteiger partial charge is 0.481 e. The van der Waals surface area contributed by atoms with Gasteiger partial charge in [0.15, 0.2) is 0 Å². The molecule has 258 valence electrons. The summed E-state index contributed by atoms with van der Waals surface area (Å²) in [4.78, 5) is 18.4. The monoisotopic (exact) mass is 692 g/mol. The maximum absolute atomic E-state index is 7.35. The summed E-state index contributed by atoms with van der Waals surface area (Å²) >= 11 is 5.75. The Balaban J connectivity index is 1.55. The molecule has 0 bridgehead atoms. The molecule has 1 aliphatic rings. The summed E-state index contributed by atoms with van der Waals surface area (Å²) < 4.78 is 7.35. The van der Waals surface area contributed by atoms with Crippen LogP contribution in [0.1, 0.15) is 146 Å². The van der Waals surface area contributed by atoms with E-state index in [1.54, 1.807) is 0 Å². The minimum Gasteiger partial charge on any atom is -0.481 e. The van der Waals surface area contributed by atoms with Gasteiger partial charge in [0.2, 0.25) is 0 Å². The third-order valence-corrected chi connectivity index (χ3v) is 13.9. The van der Waals surface area contributed by atoms with E-state index in [1.807, 2.05) is 34.0 Å². The summed E-state index contributed by atoms with van der Waals surface area (Å²) in [6.45, 7) is 23.2. The lowest BCUT2D eigenvalue weighted by Gasteiger charge is -2.39. The summed E-state index contributed by atoms with van der Waals surface area (Å²) in [7, 11) is 0. The Bertz CT molecular complexity index is 1600. The fourth-order valence-corrected chi connectivity index (χ4v) is 10.9. The van der Waals surface area contributed by atoms with Gasteiger partial charge in [-0.1, -0.05) is 93.9 Å². The highest BCUT2D eigenvalue weighted by molar-refractivity contribution is 7.27. The van der Waals surface area contributed by atoms with Crippen molar-refractivity contribution < 1.29 is 4.74 Å². The summed E-state index contributed by atoms with van der Waals surface area (Å²) in [5, 5.41) is 0. The number of thiophene rings is 3. The van der Waals surface area contributed by atoms with E-state index in [4.69, 9.17) is 14.7 Å². The molecule has 0 saturated carbocycles. The van der Waals surface area contributed by atoms with Crippen LogP contribution in [0, 0.1) is 37.5 Å². The average Bonchev–Trinajstić information content (AvgIpc) is 3.72. The normalized spacial score (nSPS) is 17.4. The van der Waals surface area contributed by atoms with Crippen molar-refractivity contribution in [3.05, 3.63) is 38.8 Å². The Kier molecular flexibility index (Phi) is 12.3. The van der Waals surface area contributed by atoms with Crippen molar-refractivity contribution >= 4 is 45.0 Å². The molecule has 4 aromatic rings. The molecule has 1 aliphatic heterocycles. The van der Waals surface area contributed by atoms with Gasteiger partial charge in [-0.05, 0) is 88.2 Å². The Labute approximate surface area is 298 Å². The smallest absolute Gasteiger partial charge is 0.140 e. The number of aryl methyl sites for hydroxylation is 4. The van der Waals surface area contributed by atoms with Gasteiger partial charge in [0, 0.05) is 20.2 Å². The van der Waals surface area contributed by atoms with Gasteiger partial charge in [0.05, 0.1) is 26.0 Å². The second-order valence-electron chi connectivity index (χ2n) is 15.4. The number of nitrogens with zero attached hydrogens (tertiary/aromatic N) is 2. The molecular formula is C41H60N2OS3. The maximum Gasteiger partial charge on any atom is 0.140 e. The van der Waals surface area contributed by atoms with Crippen molar-refractivity contribution in [1.29, 1.82) is 0 Å². The van der Waals surface area contributed by atoms with Crippen LogP contribution >= 0.6 is 34.0 Å². The molecule has 4 aromatic heterocycles. The number of hydrogen-bond acceptors (Lipinski definition) is 6. The first-order valence-electron chi connectivity index (χ1n) is 18.7. The third kappa shape index (κ3) is 8.35. The molecule has 3 nitrogen and oxygen atoms in total. The van der Waals surface area contributed by atoms with Gasteiger partial charge in [0.1, 0.15) is 22.4 Å². The van der Waals surface area contributed by atoms with Crippen LogP contribution in [-0.4, -0.2) is 9.97 Å². The predicted octanol–water partition coefficient (Wildman–Crippen LogP) is 14.0. The Hall–Kier alpha value is -1.76. The molecule has 0 spiro atoms. The number of hydrogen-bond donors (Lipinski definition) is 0. The van der Waals surface area contributed by atoms with Crippen molar-refractivity contribution in [1.82, 2.24) is 9.97 Å². The highest BCUT2D eigenvalue weighted by atomic mass is 32.1. The van der Waals surface area contributed by atoms with Crippen molar-refractivity contribution in [3.63, 3.8) is 0 Å². The van der Waals surface area contributed by atoms with Gasteiger partial charge in [0.25, 0.3) is 0 Å². The first-order valence-corrected chi connectivity index (χ1v) is 21.1. The Morgan fingerprint density at radius 1 is 0.660 bits per heavy atom. The van der Waals surface area contributed by atoms with Crippen LogP contribution in [0.5, 0.6) is 5.75 Å². The fraction of sp³-hybridized carbons (Fsp3) is 0.659. The molecule has 0 aromatic carbocycles. The molecule has 0 fully saturated rings. The Morgan fingerprint density at radius 3 is 1.79 bits per heavy atom. The molecular weight excluding hydrogens is 633 g/mol. The van der Waals surface area contributed by atoms with E-state index in [2.05, 4.69) is 81.4 Å². The lowest BCUT2D eigenvalue weighted by Crippen LogP contribution is -2.36. The van der Waals surface area contributed by atoms with Crippen LogP contribution in [0.15, 0.2) is 12.1 Å². The number of ether oxygens (including phenoxy) is 1. The van der Waals surface area contributed by atoms with E-state index in [0.29, 0.717) is 11.8 Å². The van der Waals surface area contributed by atoms with Gasteiger partial charge < -0.3 is 4.74 Å². The first-order chi connectivity index (χ1) is 22.4. The lowest BCUT2D eigenvalue weighted by molar-refractivity contribution is 0.0323. The van der Waals surface area contributed by atoms with Crippen molar-refractivity contribution in [2.75, 3.05) is 0 Å². The van der Waals surface area contributed by atoms with Crippen LogP contribution in [0.2, 0.25) is 0 Å². The number of rotatable bonds is 17. The van der Waals surface area contributed by atoms with E-state index in [9.17, 15) is 0 Å². The standard InChI is InChI=1S/C41H60N2OS3/c1-11-32-33(12-2)43-37-36(42-32)30(10)46-40(37)35-24-31-38(47-35)39-34(23-29(9)45-39)44-41(31,21-19-27(7)17-13-15-25(3)4)22-20-28(8)18-14-16-26(5)6/h23-28H,11-22H2,1-10H3. The highest BCUT2D eigenvalue weighted by Gasteiger charge is 2.43. The molecule has 0 amide bonds. The molecule has 6 heteroatoms. The van der Waals surface area contributed by atoms with Gasteiger partial charge in [-0.2, -0.15) is 0 Å². The van der Waals surface area contributed by atoms with Crippen molar-refractivity contribution in [2.24, 2.45) is 23.7 Å². The molecule has 5 rings (SSSR count). The molecule has 47 heavy (non-hydrogen) atoms. The molecule has 0 N–H and O–H groups in total. The quantitative estimate of drug-likeness (QED) is 0.110. The first kappa shape index (κ1) is 36.5. The molecule has 0 saturated heterocycles. The molecule has 2 unspecified atom stereocenters. The molecule has 0 aliphatic carbocycles. The van der Waals surface area contributed by atoms with Gasteiger partial charge in [-0.15, -0.1) is 34.0 Å². The van der Waals surface area contributed by atoms with E-state index in [1.165, 1.54) is 86.2 Å². The van der Waals surface area contributed by atoms with Gasteiger partial charge >= 0.3 is 0 Å². The van der Waals surface area contributed by atoms with Gasteiger partial charge in [-0.25, -0.2) is 9.97 Å². The summed E-state index contributed by atoms with van der Waals surface area (Å²) in [6.07, 6.45) is 14.3. The van der Waals surface area contributed by atoms with E-state index in [-0.39, 0.29) is 5.60 Å². The van der Waals surface area contributed by atoms with E-state index >= 15 is 0 Å². The van der Waals surface area contributed by atoms with Crippen LogP contribution in [0.3, 0.4) is 0 Å². The second kappa shape index (κ2) is 15.9. The van der Waals surface area contributed by atoms with E-state index in [0.717, 1.165) is 65.7 Å². The SMILES string of the molecule is CCc1nc2c(C)sc(-c3cc4c(s3)-c3sc(C)cc3OC4(CCC(C)CCCC(C)C)CCC(C)CCCC(C)C)c2nc1CC. The predicted molar refractivity (Wildman–Crippen MR) is 209 cm³/mol. The van der Waals surface area contributed by atoms with E-state index < -0.39 is 0 Å². The highest BCUT2D eigenvalue weighted by Crippen LogP contribution is 2.58. The maximum atomic E-state index is 7.35. The summed E-state index contributed by atoms with van der Waals surface area (Å²) in [5.41, 5.74) is 5.61. The Morgan fingerprint density at radius 2 is 1.23 bits per heavy atom. The summed E-state index contributed by atoms with van der Waals surface area (Å²) in [5.74, 6) is 4.07. The van der Waals surface area contributed by atoms with Crippen LogP contribution < -0.4 is 4.74 Å². The zero-order chi connectivity index (χ0) is 33.9. The topological polar surface area (TPSA) is 35.0 Å².